The van der Waals surface area contributed by atoms with E-state index in [0.717, 1.165) is 21.8 Å². The van der Waals surface area contributed by atoms with Gasteiger partial charge in [0, 0.05) is 33.3 Å². The quantitative estimate of drug-likeness (QED) is 0.701. The fourth-order valence-corrected chi connectivity index (χ4v) is 3.15. The Bertz CT molecular complexity index is 785. The van der Waals surface area contributed by atoms with Crippen molar-refractivity contribution in [3.8, 4) is 11.3 Å². The summed E-state index contributed by atoms with van der Waals surface area (Å²) in [5, 5.41) is 6.95. The average Bonchev–Trinajstić information content (AvgIpc) is 3.09. The normalized spacial score (nSPS) is 10.4. The van der Waals surface area contributed by atoms with Gasteiger partial charge in [0.05, 0.1) is 5.69 Å². The van der Waals surface area contributed by atoms with E-state index < -0.39 is 0 Å². The Balaban J connectivity index is 1.81. The van der Waals surface area contributed by atoms with E-state index in [9.17, 15) is 4.79 Å². The molecule has 0 saturated heterocycles. The Labute approximate surface area is 137 Å². The predicted octanol–water partition coefficient (Wildman–Crippen LogP) is 4.78. The SMILES string of the molecule is CSc1cccc(NC(=O)c2ccnc(-c3ccsc3)c2)c1. The fraction of sp³-hybridized carbons (Fsp3) is 0.0588. The summed E-state index contributed by atoms with van der Waals surface area (Å²) in [7, 11) is 0. The number of hydrogen-bond acceptors (Lipinski definition) is 4. The van der Waals surface area contributed by atoms with Gasteiger partial charge in [0.1, 0.15) is 0 Å². The minimum Gasteiger partial charge on any atom is -0.322 e. The fourth-order valence-electron chi connectivity index (χ4n) is 2.04. The average molecular weight is 326 g/mol. The highest BCUT2D eigenvalue weighted by molar-refractivity contribution is 7.98. The van der Waals surface area contributed by atoms with Crippen LogP contribution in [0.5, 0.6) is 0 Å². The zero-order valence-electron chi connectivity index (χ0n) is 11.9. The highest BCUT2D eigenvalue weighted by Crippen LogP contribution is 2.22. The zero-order chi connectivity index (χ0) is 15.4. The van der Waals surface area contributed by atoms with Crippen molar-refractivity contribution in [2.75, 3.05) is 11.6 Å². The molecule has 3 rings (SSSR count). The summed E-state index contributed by atoms with van der Waals surface area (Å²) in [6, 6.07) is 13.3. The molecule has 3 nitrogen and oxygen atoms in total. The van der Waals surface area contributed by atoms with Crippen molar-refractivity contribution in [3.05, 3.63) is 65.0 Å². The molecule has 0 radical (unpaired) electrons. The smallest absolute Gasteiger partial charge is 0.255 e. The summed E-state index contributed by atoms with van der Waals surface area (Å²) in [6.45, 7) is 0. The maximum absolute atomic E-state index is 12.4. The van der Waals surface area contributed by atoms with Gasteiger partial charge in [0.15, 0.2) is 0 Å². The van der Waals surface area contributed by atoms with Crippen molar-refractivity contribution in [1.82, 2.24) is 4.98 Å². The largest absolute Gasteiger partial charge is 0.322 e. The molecular formula is C17H14N2OS2. The Morgan fingerprint density at radius 1 is 1.23 bits per heavy atom. The van der Waals surface area contributed by atoms with Crippen molar-refractivity contribution >= 4 is 34.7 Å². The molecular weight excluding hydrogens is 312 g/mol. The third-order valence-electron chi connectivity index (χ3n) is 3.17. The van der Waals surface area contributed by atoms with Crippen LogP contribution in [-0.4, -0.2) is 17.1 Å². The second-order valence-corrected chi connectivity index (χ2v) is 6.29. The molecule has 22 heavy (non-hydrogen) atoms. The molecule has 0 aliphatic heterocycles. The van der Waals surface area contributed by atoms with Gasteiger partial charge in [-0.25, -0.2) is 0 Å². The van der Waals surface area contributed by atoms with Crippen LogP contribution >= 0.6 is 23.1 Å². The number of aromatic nitrogens is 1. The summed E-state index contributed by atoms with van der Waals surface area (Å²) >= 11 is 3.26. The molecule has 1 aromatic carbocycles. The topological polar surface area (TPSA) is 42.0 Å². The Hall–Kier alpha value is -2.11. The van der Waals surface area contributed by atoms with E-state index in [-0.39, 0.29) is 5.91 Å². The van der Waals surface area contributed by atoms with Crippen LogP contribution in [0, 0.1) is 0 Å². The number of nitrogens with zero attached hydrogens (tertiary/aromatic N) is 1. The lowest BCUT2D eigenvalue weighted by Gasteiger charge is -2.07. The molecule has 1 amide bonds. The van der Waals surface area contributed by atoms with Crippen molar-refractivity contribution < 1.29 is 4.79 Å². The number of nitrogens with one attached hydrogen (secondary N) is 1. The number of pyridine rings is 1. The highest BCUT2D eigenvalue weighted by atomic mass is 32.2. The summed E-state index contributed by atoms with van der Waals surface area (Å²) in [6.07, 6.45) is 3.68. The monoisotopic (exact) mass is 326 g/mol. The summed E-state index contributed by atoms with van der Waals surface area (Å²) < 4.78 is 0. The lowest BCUT2D eigenvalue weighted by atomic mass is 10.1. The molecule has 0 saturated carbocycles. The molecule has 0 atom stereocenters. The number of thiophene rings is 1. The van der Waals surface area contributed by atoms with Crippen LogP contribution in [0.4, 0.5) is 5.69 Å². The van der Waals surface area contributed by atoms with Crippen molar-refractivity contribution in [1.29, 1.82) is 0 Å². The highest BCUT2D eigenvalue weighted by Gasteiger charge is 2.09. The first-order valence-corrected chi connectivity index (χ1v) is 8.87. The van der Waals surface area contributed by atoms with E-state index in [0.29, 0.717) is 5.56 Å². The second kappa shape index (κ2) is 6.77. The number of amides is 1. The third kappa shape index (κ3) is 3.37. The van der Waals surface area contributed by atoms with E-state index in [1.165, 1.54) is 0 Å². The molecule has 0 fully saturated rings. The molecule has 3 aromatic rings. The lowest BCUT2D eigenvalue weighted by molar-refractivity contribution is 0.102. The zero-order valence-corrected chi connectivity index (χ0v) is 13.6. The number of hydrogen-bond donors (Lipinski definition) is 1. The maximum atomic E-state index is 12.4. The van der Waals surface area contributed by atoms with Gasteiger partial charge in [-0.15, -0.1) is 11.8 Å². The maximum Gasteiger partial charge on any atom is 0.255 e. The minimum absolute atomic E-state index is 0.128. The van der Waals surface area contributed by atoms with Crippen LogP contribution in [0.2, 0.25) is 0 Å². The van der Waals surface area contributed by atoms with Gasteiger partial charge in [-0.2, -0.15) is 11.3 Å². The molecule has 5 heteroatoms. The van der Waals surface area contributed by atoms with E-state index in [1.807, 2.05) is 53.4 Å². The first-order chi connectivity index (χ1) is 10.8. The minimum atomic E-state index is -0.128. The number of anilines is 1. The van der Waals surface area contributed by atoms with Gasteiger partial charge < -0.3 is 5.32 Å². The molecule has 0 bridgehead atoms. The predicted molar refractivity (Wildman–Crippen MR) is 93.7 cm³/mol. The molecule has 0 aliphatic rings. The van der Waals surface area contributed by atoms with Crippen molar-refractivity contribution in [2.24, 2.45) is 0 Å². The van der Waals surface area contributed by atoms with Crippen LogP contribution in [0.1, 0.15) is 10.4 Å². The molecule has 0 aliphatic carbocycles. The van der Waals surface area contributed by atoms with Crippen LogP contribution in [-0.2, 0) is 0 Å². The number of carbonyl (C=O) groups excluding carboxylic acids is 1. The molecule has 0 spiro atoms. The standard InChI is InChI=1S/C17H14N2OS2/c1-21-15-4-2-3-14(10-15)19-17(20)12-5-7-18-16(9-12)13-6-8-22-11-13/h2-11H,1H3,(H,19,20). The van der Waals surface area contributed by atoms with Crippen LogP contribution in [0.3, 0.4) is 0 Å². The molecule has 1 N–H and O–H groups in total. The Kier molecular flexibility index (Phi) is 4.56. The molecule has 0 unspecified atom stereocenters. The lowest BCUT2D eigenvalue weighted by Crippen LogP contribution is -2.12. The van der Waals surface area contributed by atoms with E-state index >= 15 is 0 Å². The number of benzene rings is 1. The molecule has 110 valence electrons. The number of carbonyl (C=O) groups is 1. The van der Waals surface area contributed by atoms with Gasteiger partial charge >= 0.3 is 0 Å². The summed E-state index contributed by atoms with van der Waals surface area (Å²) in [5.41, 5.74) is 3.24. The van der Waals surface area contributed by atoms with Gasteiger partial charge in [-0.3, -0.25) is 9.78 Å². The van der Waals surface area contributed by atoms with Crippen LogP contribution < -0.4 is 5.32 Å². The van der Waals surface area contributed by atoms with E-state index in [4.69, 9.17) is 0 Å². The van der Waals surface area contributed by atoms with Crippen LogP contribution in [0.25, 0.3) is 11.3 Å². The Morgan fingerprint density at radius 2 is 2.14 bits per heavy atom. The van der Waals surface area contributed by atoms with E-state index in [1.54, 1.807) is 35.4 Å². The second-order valence-electron chi connectivity index (χ2n) is 4.63. The van der Waals surface area contributed by atoms with Crippen molar-refractivity contribution in [3.63, 3.8) is 0 Å². The van der Waals surface area contributed by atoms with Crippen LogP contribution in [0.15, 0.2) is 64.3 Å². The number of thioether (sulfide) groups is 1. The van der Waals surface area contributed by atoms with Crippen molar-refractivity contribution in [2.45, 2.75) is 4.90 Å². The Morgan fingerprint density at radius 3 is 2.91 bits per heavy atom. The number of rotatable bonds is 4. The first-order valence-electron chi connectivity index (χ1n) is 6.70. The first kappa shape index (κ1) is 14.8. The summed E-state index contributed by atoms with van der Waals surface area (Å²) in [5.74, 6) is -0.128. The van der Waals surface area contributed by atoms with Gasteiger partial charge in [0.2, 0.25) is 0 Å². The van der Waals surface area contributed by atoms with E-state index in [2.05, 4.69) is 10.3 Å². The third-order valence-corrected chi connectivity index (χ3v) is 4.58. The van der Waals surface area contributed by atoms with Gasteiger partial charge in [-0.1, -0.05) is 6.07 Å². The molecule has 2 heterocycles. The van der Waals surface area contributed by atoms with Gasteiger partial charge in [0.25, 0.3) is 5.91 Å². The summed E-state index contributed by atoms with van der Waals surface area (Å²) in [4.78, 5) is 17.8. The van der Waals surface area contributed by atoms with Gasteiger partial charge in [-0.05, 0) is 48.0 Å². The molecule has 2 aromatic heterocycles.